The van der Waals surface area contributed by atoms with Crippen LogP contribution in [0.3, 0.4) is 0 Å². The topological polar surface area (TPSA) is 76.9 Å². The number of aryl methyl sites for hydroxylation is 1. The van der Waals surface area contributed by atoms with E-state index in [9.17, 15) is 8.42 Å². The van der Waals surface area contributed by atoms with E-state index in [1.165, 1.54) is 6.42 Å². The lowest BCUT2D eigenvalue weighted by atomic mass is 10.2. The van der Waals surface area contributed by atoms with Crippen molar-refractivity contribution in [1.82, 2.24) is 14.8 Å². The van der Waals surface area contributed by atoms with Crippen molar-refractivity contribution in [3.05, 3.63) is 66.0 Å². The molecule has 27 heavy (non-hydrogen) atoms. The fraction of sp³-hybridized carbons (Fsp3) is 0.300. The van der Waals surface area contributed by atoms with Gasteiger partial charge in [0.1, 0.15) is 5.82 Å². The summed E-state index contributed by atoms with van der Waals surface area (Å²) < 4.78 is 29.6. The molecule has 0 saturated carbocycles. The second-order valence-corrected chi connectivity index (χ2v) is 8.55. The summed E-state index contributed by atoms with van der Waals surface area (Å²) in [5.41, 5.74) is 2.25. The zero-order valence-electron chi connectivity index (χ0n) is 15.0. The van der Waals surface area contributed by atoms with Gasteiger partial charge in [-0.3, -0.25) is 4.72 Å². The molecule has 4 rings (SSSR count). The maximum Gasteiger partial charge on any atom is 0.236 e. The van der Waals surface area contributed by atoms with Gasteiger partial charge in [-0.05, 0) is 42.7 Å². The maximum absolute atomic E-state index is 12.4. The normalized spacial score (nSPS) is 14.4. The fourth-order valence-corrected chi connectivity index (χ4v) is 4.59. The molecule has 2 heterocycles. The number of sulfonamides is 1. The van der Waals surface area contributed by atoms with Crippen LogP contribution in [0.4, 0.5) is 5.69 Å². The minimum absolute atomic E-state index is 0.0483. The first kappa shape index (κ1) is 17.7. The van der Waals surface area contributed by atoms with Gasteiger partial charge in [0.05, 0.1) is 5.75 Å². The van der Waals surface area contributed by atoms with Crippen molar-refractivity contribution >= 4 is 15.7 Å². The summed E-state index contributed by atoms with van der Waals surface area (Å²) in [5.74, 6) is 1.84. The van der Waals surface area contributed by atoms with E-state index < -0.39 is 10.0 Å². The molecule has 0 radical (unpaired) electrons. The SMILES string of the molecule is O=S(=O)(Cc1ccccc1)Nc1ccc(-c2nnc3n2CCCCC3)cc1. The Morgan fingerprint density at radius 3 is 2.48 bits per heavy atom. The van der Waals surface area contributed by atoms with Crippen LogP contribution in [0.1, 0.15) is 30.7 Å². The molecule has 2 aromatic carbocycles. The van der Waals surface area contributed by atoms with Gasteiger partial charge in [0.25, 0.3) is 0 Å². The van der Waals surface area contributed by atoms with E-state index in [-0.39, 0.29) is 5.75 Å². The predicted octanol–water partition coefficient (Wildman–Crippen LogP) is 3.61. The van der Waals surface area contributed by atoms with Gasteiger partial charge < -0.3 is 4.57 Å². The van der Waals surface area contributed by atoms with Gasteiger partial charge in [-0.15, -0.1) is 10.2 Å². The molecule has 0 fully saturated rings. The van der Waals surface area contributed by atoms with Crippen LogP contribution >= 0.6 is 0 Å². The fourth-order valence-electron chi connectivity index (χ4n) is 3.40. The lowest BCUT2D eigenvalue weighted by Crippen LogP contribution is -2.15. The molecule has 1 N–H and O–H groups in total. The number of hydrogen-bond acceptors (Lipinski definition) is 4. The Bertz CT molecular complexity index is 1010. The van der Waals surface area contributed by atoms with Gasteiger partial charge in [0, 0.05) is 24.2 Å². The summed E-state index contributed by atoms with van der Waals surface area (Å²) in [4.78, 5) is 0. The van der Waals surface area contributed by atoms with E-state index in [1.54, 1.807) is 24.3 Å². The number of fused-ring (bicyclic) bond motifs is 1. The molecular formula is C20H22N4O2S. The predicted molar refractivity (Wildman–Crippen MR) is 106 cm³/mol. The van der Waals surface area contributed by atoms with Crippen molar-refractivity contribution in [3.8, 4) is 11.4 Å². The molecular weight excluding hydrogens is 360 g/mol. The highest BCUT2D eigenvalue weighted by Crippen LogP contribution is 2.24. The summed E-state index contributed by atoms with van der Waals surface area (Å²) in [5, 5.41) is 8.67. The number of nitrogens with one attached hydrogen (secondary N) is 1. The second kappa shape index (κ2) is 7.52. The highest BCUT2D eigenvalue weighted by Gasteiger charge is 2.16. The highest BCUT2D eigenvalue weighted by molar-refractivity contribution is 7.91. The van der Waals surface area contributed by atoms with Crippen molar-refractivity contribution in [3.63, 3.8) is 0 Å². The first-order chi connectivity index (χ1) is 13.1. The summed E-state index contributed by atoms with van der Waals surface area (Å²) in [6.07, 6.45) is 4.46. The first-order valence-corrected chi connectivity index (χ1v) is 10.8. The van der Waals surface area contributed by atoms with E-state index in [0.717, 1.165) is 48.6 Å². The molecule has 0 spiro atoms. The van der Waals surface area contributed by atoms with Crippen molar-refractivity contribution in [2.75, 3.05) is 4.72 Å². The van der Waals surface area contributed by atoms with Crippen LogP contribution in [0.2, 0.25) is 0 Å². The number of aromatic nitrogens is 3. The quantitative estimate of drug-likeness (QED) is 0.731. The van der Waals surface area contributed by atoms with Crippen LogP contribution in [-0.2, 0) is 28.7 Å². The standard InChI is InChI=1S/C20H22N4O2S/c25-27(26,15-16-7-3-1-4-8-16)23-18-12-10-17(11-13-18)20-22-21-19-9-5-2-6-14-24(19)20/h1,3-4,7-8,10-13,23H,2,5-6,9,14-15H2. The molecule has 0 amide bonds. The third kappa shape index (κ3) is 4.19. The summed E-state index contributed by atoms with van der Waals surface area (Å²) >= 11 is 0. The van der Waals surface area contributed by atoms with E-state index >= 15 is 0 Å². The monoisotopic (exact) mass is 382 g/mol. The minimum Gasteiger partial charge on any atom is -0.311 e. The van der Waals surface area contributed by atoms with Gasteiger partial charge in [-0.1, -0.05) is 36.8 Å². The minimum atomic E-state index is -3.46. The van der Waals surface area contributed by atoms with Gasteiger partial charge >= 0.3 is 0 Å². The van der Waals surface area contributed by atoms with Gasteiger partial charge in [-0.2, -0.15) is 0 Å². The molecule has 0 unspecified atom stereocenters. The smallest absolute Gasteiger partial charge is 0.236 e. The molecule has 0 saturated heterocycles. The molecule has 1 aromatic heterocycles. The van der Waals surface area contributed by atoms with Crippen LogP contribution in [0.5, 0.6) is 0 Å². The van der Waals surface area contributed by atoms with Crippen molar-refractivity contribution in [2.45, 2.75) is 38.0 Å². The van der Waals surface area contributed by atoms with E-state index in [1.807, 2.05) is 30.3 Å². The Hall–Kier alpha value is -2.67. The van der Waals surface area contributed by atoms with Crippen LogP contribution < -0.4 is 4.72 Å². The molecule has 7 heteroatoms. The average Bonchev–Trinajstić information content (AvgIpc) is 2.91. The number of rotatable bonds is 5. The van der Waals surface area contributed by atoms with Crippen molar-refractivity contribution in [2.24, 2.45) is 0 Å². The van der Waals surface area contributed by atoms with E-state index in [2.05, 4.69) is 19.5 Å². The molecule has 3 aromatic rings. The summed E-state index contributed by atoms with van der Waals surface area (Å²) in [6.45, 7) is 0.934. The Morgan fingerprint density at radius 2 is 1.70 bits per heavy atom. The Morgan fingerprint density at radius 1 is 0.926 bits per heavy atom. The summed E-state index contributed by atoms with van der Waals surface area (Å²) in [7, 11) is -3.46. The third-order valence-corrected chi connectivity index (χ3v) is 5.99. The lowest BCUT2D eigenvalue weighted by Gasteiger charge is -2.10. The Kier molecular flexibility index (Phi) is 4.94. The molecule has 0 atom stereocenters. The van der Waals surface area contributed by atoms with Gasteiger partial charge in [0.15, 0.2) is 5.82 Å². The van der Waals surface area contributed by atoms with Crippen LogP contribution in [-0.4, -0.2) is 23.2 Å². The van der Waals surface area contributed by atoms with Gasteiger partial charge in [-0.25, -0.2) is 8.42 Å². The van der Waals surface area contributed by atoms with Crippen LogP contribution in [0.25, 0.3) is 11.4 Å². The zero-order chi connectivity index (χ0) is 18.7. The van der Waals surface area contributed by atoms with E-state index in [4.69, 9.17) is 0 Å². The molecule has 1 aliphatic heterocycles. The third-order valence-electron chi connectivity index (χ3n) is 4.73. The summed E-state index contributed by atoms with van der Waals surface area (Å²) in [6, 6.07) is 16.5. The maximum atomic E-state index is 12.4. The van der Waals surface area contributed by atoms with Crippen LogP contribution in [0, 0.1) is 0 Å². The Labute approximate surface area is 159 Å². The number of benzene rings is 2. The van der Waals surface area contributed by atoms with Gasteiger partial charge in [0.2, 0.25) is 10.0 Å². The lowest BCUT2D eigenvalue weighted by molar-refractivity contribution is 0.600. The highest BCUT2D eigenvalue weighted by atomic mass is 32.2. The van der Waals surface area contributed by atoms with E-state index in [0.29, 0.717) is 5.69 Å². The zero-order valence-corrected chi connectivity index (χ0v) is 15.8. The molecule has 0 aliphatic carbocycles. The number of anilines is 1. The number of nitrogens with zero attached hydrogens (tertiary/aromatic N) is 3. The second-order valence-electron chi connectivity index (χ2n) is 6.83. The molecule has 6 nitrogen and oxygen atoms in total. The molecule has 0 bridgehead atoms. The Balaban J connectivity index is 1.50. The molecule has 140 valence electrons. The van der Waals surface area contributed by atoms with Crippen molar-refractivity contribution < 1.29 is 8.42 Å². The van der Waals surface area contributed by atoms with Crippen molar-refractivity contribution in [1.29, 1.82) is 0 Å². The largest absolute Gasteiger partial charge is 0.311 e. The number of hydrogen-bond donors (Lipinski definition) is 1. The first-order valence-electron chi connectivity index (χ1n) is 9.18. The average molecular weight is 382 g/mol. The molecule has 1 aliphatic rings. The van der Waals surface area contributed by atoms with Crippen LogP contribution in [0.15, 0.2) is 54.6 Å².